The van der Waals surface area contributed by atoms with Gasteiger partial charge < -0.3 is 18.9 Å². The van der Waals surface area contributed by atoms with E-state index in [2.05, 4.69) is 27.5 Å². The van der Waals surface area contributed by atoms with E-state index in [1.54, 1.807) is 19.2 Å². The average Bonchev–Trinajstić information content (AvgIpc) is 3.17. The molecule has 3 heterocycles. The van der Waals surface area contributed by atoms with Gasteiger partial charge in [-0.3, -0.25) is 10.1 Å². The van der Waals surface area contributed by atoms with Crippen molar-refractivity contribution in [3.8, 4) is 17.1 Å². The molecule has 1 aliphatic heterocycles. The summed E-state index contributed by atoms with van der Waals surface area (Å²) in [6, 6.07) is 3.52. The predicted octanol–water partition coefficient (Wildman–Crippen LogP) is 2.88. The Balaban J connectivity index is 1.67. The fourth-order valence-electron chi connectivity index (χ4n) is 3.51. The van der Waals surface area contributed by atoms with Crippen molar-refractivity contribution in [1.82, 2.24) is 20.0 Å². The second-order valence-corrected chi connectivity index (χ2v) is 7.89. The van der Waals surface area contributed by atoms with Gasteiger partial charge in [0.2, 0.25) is 0 Å². The van der Waals surface area contributed by atoms with Crippen LogP contribution in [0.5, 0.6) is 5.75 Å². The summed E-state index contributed by atoms with van der Waals surface area (Å²) in [5.74, 6) is 0.306. The van der Waals surface area contributed by atoms with Crippen LogP contribution in [0.3, 0.4) is 0 Å². The highest BCUT2D eigenvalue weighted by Gasteiger charge is 2.30. The number of ether oxygens (including phenoxy) is 4. The first kappa shape index (κ1) is 24.4. The summed E-state index contributed by atoms with van der Waals surface area (Å²) in [4.78, 5) is 28.5. The van der Waals surface area contributed by atoms with Gasteiger partial charge in [0, 0.05) is 13.5 Å². The lowest BCUT2D eigenvalue weighted by Crippen LogP contribution is -2.37. The second kappa shape index (κ2) is 11.6. The number of hydrogen-bond acceptors (Lipinski definition) is 9. The Morgan fingerprint density at radius 3 is 2.82 bits per heavy atom. The summed E-state index contributed by atoms with van der Waals surface area (Å²) in [6.07, 6.45) is 2.52. The molecular weight excluding hydrogens is 430 g/mol. The molecule has 1 fully saturated rings. The van der Waals surface area contributed by atoms with Crippen LogP contribution >= 0.6 is 0 Å². The van der Waals surface area contributed by atoms with E-state index in [1.165, 1.54) is 11.8 Å². The van der Waals surface area contributed by atoms with Gasteiger partial charge in [0.1, 0.15) is 11.9 Å². The minimum absolute atomic E-state index is 0.287. The van der Waals surface area contributed by atoms with Crippen molar-refractivity contribution in [2.45, 2.75) is 45.6 Å². The van der Waals surface area contributed by atoms with Crippen molar-refractivity contribution in [1.29, 1.82) is 0 Å². The molecule has 0 radical (unpaired) electrons. The molecule has 2 aromatic heterocycles. The van der Waals surface area contributed by atoms with Crippen LogP contribution in [0.15, 0.2) is 12.1 Å². The van der Waals surface area contributed by atoms with E-state index < -0.39 is 6.09 Å². The van der Waals surface area contributed by atoms with Gasteiger partial charge in [-0.05, 0) is 25.5 Å². The lowest BCUT2D eigenvalue weighted by Gasteiger charge is -2.28. The summed E-state index contributed by atoms with van der Waals surface area (Å²) >= 11 is 0. The Kier molecular flexibility index (Phi) is 8.58. The summed E-state index contributed by atoms with van der Waals surface area (Å²) < 4.78 is 23.0. The van der Waals surface area contributed by atoms with Crippen LogP contribution in [0.25, 0.3) is 11.4 Å². The Morgan fingerprint density at radius 2 is 2.09 bits per heavy atom. The smallest absolute Gasteiger partial charge is 0.412 e. The number of anilines is 1. The van der Waals surface area contributed by atoms with Crippen LogP contribution < -0.4 is 10.1 Å². The maximum absolute atomic E-state index is 12.2. The molecule has 11 heteroatoms. The standard InChI is InChI=1S/C22H31N5O6/c1-5-6-7-10-32-22(29)24-20-19(25-26-27(20)3)17-8-9-18(14(2)23-17)33-16-11-15(12-31-13-16)21(28)30-4/h8-9,15-16H,5-7,10-13H2,1-4H3,(H,24,29). The van der Waals surface area contributed by atoms with Crippen LogP contribution in [0, 0.1) is 12.8 Å². The molecule has 0 aromatic carbocycles. The number of amides is 1. The first-order valence-corrected chi connectivity index (χ1v) is 11.1. The zero-order chi connectivity index (χ0) is 23.8. The number of esters is 1. The molecule has 0 aliphatic carbocycles. The summed E-state index contributed by atoms with van der Waals surface area (Å²) in [5.41, 5.74) is 1.58. The zero-order valence-electron chi connectivity index (χ0n) is 19.5. The number of carbonyl (C=O) groups excluding carboxylic acids is 2. The molecule has 0 spiro atoms. The van der Waals surface area contributed by atoms with Crippen molar-refractivity contribution in [2.75, 3.05) is 32.2 Å². The zero-order valence-corrected chi connectivity index (χ0v) is 19.5. The number of methoxy groups -OCH3 is 1. The van der Waals surface area contributed by atoms with Gasteiger partial charge in [-0.1, -0.05) is 25.0 Å². The van der Waals surface area contributed by atoms with Crippen LogP contribution in [0.4, 0.5) is 10.6 Å². The first-order valence-electron chi connectivity index (χ1n) is 11.1. The number of nitrogens with zero attached hydrogens (tertiary/aromatic N) is 4. The number of pyridine rings is 1. The highest BCUT2D eigenvalue weighted by atomic mass is 16.6. The molecule has 1 amide bonds. The normalized spacial score (nSPS) is 17.9. The van der Waals surface area contributed by atoms with Crippen molar-refractivity contribution in [3.63, 3.8) is 0 Å². The van der Waals surface area contributed by atoms with E-state index in [9.17, 15) is 9.59 Å². The minimum atomic E-state index is -0.563. The van der Waals surface area contributed by atoms with Crippen LogP contribution in [-0.2, 0) is 26.1 Å². The minimum Gasteiger partial charge on any atom is -0.486 e. The molecule has 3 rings (SSSR count). The third kappa shape index (κ3) is 6.41. The van der Waals surface area contributed by atoms with Crippen LogP contribution in [0.2, 0.25) is 0 Å². The number of hydrogen-bond donors (Lipinski definition) is 1. The number of carbonyl (C=O) groups is 2. The number of unbranched alkanes of at least 4 members (excludes halogenated alkanes) is 2. The number of aryl methyl sites for hydroxylation is 2. The quantitative estimate of drug-likeness (QED) is 0.443. The van der Waals surface area contributed by atoms with Gasteiger partial charge >= 0.3 is 12.1 Å². The molecule has 11 nitrogen and oxygen atoms in total. The van der Waals surface area contributed by atoms with E-state index in [-0.39, 0.29) is 18.0 Å². The van der Waals surface area contributed by atoms with E-state index in [4.69, 9.17) is 18.9 Å². The van der Waals surface area contributed by atoms with Gasteiger partial charge in [0.05, 0.1) is 44.2 Å². The van der Waals surface area contributed by atoms with Crippen LogP contribution in [-0.4, -0.2) is 65.1 Å². The largest absolute Gasteiger partial charge is 0.486 e. The topological polar surface area (TPSA) is 127 Å². The molecule has 1 aliphatic rings. The van der Waals surface area contributed by atoms with Gasteiger partial charge in [-0.2, -0.15) is 0 Å². The molecule has 0 saturated carbocycles. The third-order valence-corrected chi connectivity index (χ3v) is 5.31. The fourth-order valence-corrected chi connectivity index (χ4v) is 3.51. The monoisotopic (exact) mass is 461 g/mol. The number of nitrogens with one attached hydrogen (secondary N) is 1. The Morgan fingerprint density at radius 1 is 1.27 bits per heavy atom. The molecule has 0 bridgehead atoms. The molecule has 33 heavy (non-hydrogen) atoms. The molecule has 2 aromatic rings. The molecule has 2 atom stereocenters. The highest BCUT2D eigenvalue weighted by Crippen LogP contribution is 2.28. The van der Waals surface area contributed by atoms with Gasteiger partial charge in [-0.15, -0.1) is 5.10 Å². The SMILES string of the molecule is CCCCCOC(=O)Nc1c(-c2ccc(OC3COCC(C(=O)OC)C3)c(C)n2)nnn1C. The molecule has 1 saturated heterocycles. The van der Waals surface area contributed by atoms with Crippen molar-refractivity contribution in [2.24, 2.45) is 13.0 Å². The summed E-state index contributed by atoms with van der Waals surface area (Å²) in [6.45, 7) is 4.96. The Labute approximate surface area is 192 Å². The van der Waals surface area contributed by atoms with Gasteiger partial charge in [0.15, 0.2) is 11.5 Å². The van der Waals surface area contributed by atoms with Crippen molar-refractivity contribution in [3.05, 3.63) is 17.8 Å². The predicted molar refractivity (Wildman–Crippen MR) is 119 cm³/mol. The molecular formula is C22H31N5O6. The lowest BCUT2D eigenvalue weighted by molar-refractivity contribution is -0.152. The van der Waals surface area contributed by atoms with Crippen molar-refractivity contribution >= 4 is 17.9 Å². The van der Waals surface area contributed by atoms with Gasteiger partial charge in [-0.25, -0.2) is 14.5 Å². The van der Waals surface area contributed by atoms with Crippen LogP contribution in [0.1, 0.15) is 38.3 Å². The Hall–Kier alpha value is -3.21. The number of rotatable bonds is 9. The number of aromatic nitrogens is 4. The first-order chi connectivity index (χ1) is 15.9. The van der Waals surface area contributed by atoms with Crippen molar-refractivity contribution < 1.29 is 28.5 Å². The van der Waals surface area contributed by atoms with E-state index in [0.29, 0.717) is 54.9 Å². The maximum Gasteiger partial charge on any atom is 0.412 e. The third-order valence-electron chi connectivity index (χ3n) is 5.31. The summed E-state index contributed by atoms with van der Waals surface area (Å²) in [5, 5.41) is 10.8. The van der Waals surface area contributed by atoms with E-state index >= 15 is 0 Å². The van der Waals surface area contributed by atoms with E-state index in [1.807, 2.05) is 6.92 Å². The molecule has 180 valence electrons. The fraction of sp³-hybridized carbons (Fsp3) is 0.591. The lowest BCUT2D eigenvalue weighted by atomic mass is 10.0. The van der Waals surface area contributed by atoms with E-state index in [0.717, 1.165) is 19.3 Å². The average molecular weight is 462 g/mol. The summed E-state index contributed by atoms with van der Waals surface area (Å²) in [7, 11) is 3.04. The second-order valence-electron chi connectivity index (χ2n) is 7.89. The molecule has 1 N–H and O–H groups in total. The Bertz CT molecular complexity index is 963. The highest BCUT2D eigenvalue weighted by molar-refractivity contribution is 5.88. The maximum atomic E-state index is 12.2. The van der Waals surface area contributed by atoms with Gasteiger partial charge in [0.25, 0.3) is 0 Å². The molecule has 2 unspecified atom stereocenters.